The lowest BCUT2D eigenvalue weighted by atomic mass is 9.83. The first-order chi connectivity index (χ1) is 14.2. The third-order valence-electron chi connectivity index (χ3n) is 5.90. The summed E-state index contributed by atoms with van der Waals surface area (Å²) in [7, 11) is 0. The van der Waals surface area contributed by atoms with E-state index in [1.54, 1.807) is 4.57 Å². The molecule has 1 aliphatic rings. The summed E-state index contributed by atoms with van der Waals surface area (Å²) in [6.07, 6.45) is 4.53. The van der Waals surface area contributed by atoms with Gasteiger partial charge in [0, 0.05) is 24.3 Å². The van der Waals surface area contributed by atoms with Gasteiger partial charge in [-0.05, 0) is 26.2 Å². The van der Waals surface area contributed by atoms with E-state index in [1.165, 1.54) is 12.3 Å². The normalized spacial score (nSPS) is 25.4. The molecule has 0 radical (unpaired) electrons. The van der Waals surface area contributed by atoms with Crippen LogP contribution in [-0.4, -0.2) is 43.2 Å². The van der Waals surface area contributed by atoms with Gasteiger partial charge in [0.15, 0.2) is 5.43 Å². The van der Waals surface area contributed by atoms with Gasteiger partial charge in [0.25, 0.3) is 0 Å². The second-order valence-electron chi connectivity index (χ2n) is 8.06. The van der Waals surface area contributed by atoms with Gasteiger partial charge in [-0.2, -0.15) is 0 Å². The Balaban J connectivity index is 2.26. The van der Waals surface area contributed by atoms with E-state index in [-0.39, 0.29) is 52.8 Å². The zero-order chi connectivity index (χ0) is 22.1. The van der Waals surface area contributed by atoms with E-state index in [2.05, 4.69) is 4.98 Å². The number of ether oxygens (including phenoxy) is 1. The molecule has 3 rings (SSSR count). The Morgan fingerprint density at radius 1 is 1.43 bits per heavy atom. The Hall–Kier alpha value is -1.05. The molecule has 0 aromatic carbocycles. The maximum absolute atomic E-state index is 13.0. The van der Waals surface area contributed by atoms with Crippen molar-refractivity contribution in [3.63, 3.8) is 0 Å². The van der Waals surface area contributed by atoms with Crippen LogP contribution < -0.4 is 10.2 Å². The Labute approximate surface area is 190 Å². The molecule has 6 nitrogen and oxygen atoms in total. The van der Waals surface area contributed by atoms with Gasteiger partial charge in [-0.15, -0.1) is 23.2 Å². The highest BCUT2D eigenvalue weighted by molar-refractivity contribution is 6.35. The summed E-state index contributed by atoms with van der Waals surface area (Å²) < 4.78 is 7.61. The second kappa shape index (κ2) is 9.61. The van der Waals surface area contributed by atoms with Crippen LogP contribution in [-0.2, 0) is 6.61 Å². The maximum atomic E-state index is 13.0. The van der Waals surface area contributed by atoms with Crippen molar-refractivity contribution in [2.45, 2.75) is 62.4 Å². The molecule has 2 N–H and O–H groups in total. The summed E-state index contributed by atoms with van der Waals surface area (Å²) in [4.78, 5) is 16.5. The van der Waals surface area contributed by atoms with Gasteiger partial charge in [-0.1, -0.05) is 24.9 Å². The van der Waals surface area contributed by atoms with Crippen LogP contribution in [0.2, 0.25) is 5.02 Å². The third kappa shape index (κ3) is 4.44. The molecule has 2 aromatic rings. The smallest absolute Gasteiger partial charge is 0.227 e. The molecule has 1 saturated carbocycles. The predicted molar refractivity (Wildman–Crippen MR) is 120 cm³/mol. The van der Waals surface area contributed by atoms with Gasteiger partial charge in [-0.25, -0.2) is 4.98 Å². The number of nitrogens with zero attached hydrogens (tertiary/aromatic N) is 2. The quantitative estimate of drug-likeness (QED) is 0.582. The average molecular weight is 478 g/mol. The van der Waals surface area contributed by atoms with Crippen LogP contribution in [0, 0.1) is 5.92 Å². The molecule has 0 spiro atoms. The molecule has 166 valence electrons. The van der Waals surface area contributed by atoms with Crippen molar-refractivity contribution in [1.82, 2.24) is 9.55 Å². The molecular weight excluding hydrogens is 451 g/mol. The maximum Gasteiger partial charge on any atom is 0.227 e. The minimum Gasteiger partial charge on any atom is -0.477 e. The molecule has 0 aliphatic heterocycles. The van der Waals surface area contributed by atoms with Gasteiger partial charge < -0.3 is 19.5 Å². The average Bonchev–Trinajstić information content (AvgIpc) is 2.70. The highest BCUT2D eigenvalue weighted by Crippen LogP contribution is 2.47. The first-order valence-corrected chi connectivity index (χ1v) is 11.3. The number of alkyl halides is 2. The third-order valence-corrected chi connectivity index (χ3v) is 7.05. The second-order valence-corrected chi connectivity index (χ2v) is 9.89. The fourth-order valence-electron chi connectivity index (χ4n) is 4.16. The molecule has 2 heterocycles. The molecule has 0 amide bonds. The number of halogens is 3. The van der Waals surface area contributed by atoms with Gasteiger partial charge in [0.2, 0.25) is 5.88 Å². The SMILES string of the molecule is CCC(CO)COc1ncc(Cl)c2c1c(=O)cc(CO)n2C1C(Cl)CCC[C@@]1(C)Cl. The Bertz CT molecular complexity index is 959. The first-order valence-electron chi connectivity index (χ1n) is 10.1. The molecule has 4 atom stereocenters. The number of aromatic nitrogens is 2. The van der Waals surface area contributed by atoms with Crippen molar-refractivity contribution < 1.29 is 14.9 Å². The van der Waals surface area contributed by atoms with Crippen molar-refractivity contribution >= 4 is 45.7 Å². The largest absolute Gasteiger partial charge is 0.477 e. The molecule has 3 unspecified atom stereocenters. The summed E-state index contributed by atoms with van der Waals surface area (Å²) in [6, 6.07) is 0.968. The number of rotatable bonds is 7. The van der Waals surface area contributed by atoms with E-state index in [4.69, 9.17) is 39.5 Å². The molecule has 2 aromatic heterocycles. The molecule has 0 bridgehead atoms. The fraction of sp³-hybridized carbons (Fsp3) is 0.619. The van der Waals surface area contributed by atoms with E-state index in [9.17, 15) is 15.0 Å². The first kappa shape index (κ1) is 23.6. The highest BCUT2D eigenvalue weighted by Gasteiger charge is 2.43. The van der Waals surface area contributed by atoms with E-state index in [1.807, 2.05) is 13.8 Å². The van der Waals surface area contributed by atoms with Gasteiger partial charge in [0.1, 0.15) is 5.39 Å². The lowest BCUT2D eigenvalue weighted by Gasteiger charge is -2.42. The number of pyridine rings is 2. The molecule has 1 fully saturated rings. The summed E-state index contributed by atoms with van der Waals surface area (Å²) in [6.45, 7) is 3.69. The Morgan fingerprint density at radius 3 is 2.77 bits per heavy atom. The summed E-state index contributed by atoms with van der Waals surface area (Å²) in [5.41, 5.74) is 0.433. The number of aliphatic hydroxyl groups excluding tert-OH is 2. The van der Waals surface area contributed by atoms with Crippen molar-refractivity contribution in [3.05, 3.63) is 33.2 Å². The monoisotopic (exact) mass is 476 g/mol. The van der Waals surface area contributed by atoms with E-state index < -0.39 is 10.9 Å². The zero-order valence-electron chi connectivity index (χ0n) is 17.1. The van der Waals surface area contributed by atoms with Crippen molar-refractivity contribution in [1.29, 1.82) is 0 Å². The summed E-state index contributed by atoms with van der Waals surface area (Å²) >= 11 is 20.1. The minimum atomic E-state index is -0.686. The molecule has 30 heavy (non-hydrogen) atoms. The lowest BCUT2D eigenvalue weighted by molar-refractivity contribution is 0.157. The van der Waals surface area contributed by atoms with Crippen LogP contribution in [0.1, 0.15) is 51.3 Å². The standard InChI is InChI=1S/C21H27Cl3N2O4/c1-3-12(9-27)11-30-20-17-16(29)7-13(10-28)26(18(17)15(23)8-25-20)19-14(22)5-4-6-21(19,2)24/h7-8,12,14,19,27-28H,3-6,9-11H2,1-2H3/t12?,14?,19?,21-/m1/s1. The van der Waals surface area contributed by atoms with E-state index >= 15 is 0 Å². The van der Waals surface area contributed by atoms with Crippen LogP contribution in [0.4, 0.5) is 0 Å². The van der Waals surface area contributed by atoms with Crippen molar-refractivity contribution in [3.8, 4) is 5.88 Å². The highest BCUT2D eigenvalue weighted by atomic mass is 35.5. The van der Waals surface area contributed by atoms with Gasteiger partial charge in [-0.3, -0.25) is 4.79 Å². The topological polar surface area (TPSA) is 84.6 Å². The Morgan fingerprint density at radius 2 is 2.17 bits per heavy atom. The van der Waals surface area contributed by atoms with Crippen LogP contribution in [0.25, 0.3) is 10.9 Å². The molecular formula is C21H27Cl3N2O4. The zero-order valence-corrected chi connectivity index (χ0v) is 19.3. The van der Waals surface area contributed by atoms with Gasteiger partial charge >= 0.3 is 0 Å². The number of hydrogen-bond acceptors (Lipinski definition) is 5. The van der Waals surface area contributed by atoms with Crippen LogP contribution >= 0.6 is 34.8 Å². The number of hydrogen-bond donors (Lipinski definition) is 2. The van der Waals surface area contributed by atoms with Crippen LogP contribution in [0.3, 0.4) is 0 Å². The Kier molecular flexibility index (Phi) is 7.57. The molecule has 1 aliphatic carbocycles. The predicted octanol–water partition coefficient (Wildman–Crippen LogP) is 4.27. The number of fused-ring (bicyclic) bond motifs is 1. The van der Waals surface area contributed by atoms with E-state index in [0.29, 0.717) is 11.2 Å². The van der Waals surface area contributed by atoms with Gasteiger partial charge in [0.05, 0.1) is 46.2 Å². The summed E-state index contributed by atoms with van der Waals surface area (Å²) in [5, 5.41) is 19.6. The fourth-order valence-corrected chi connectivity index (χ4v) is 5.39. The minimum absolute atomic E-state index is 0.0263. The van der Waals surface area contributed by atoms with Crippen molar-refractivity contribution in [2.75, 3.05) is 13.2 Å². The van der Waals surface area contributed by atoms with Crippen LogP contribution in [0.15, 0.2) is 17.1 Å². The lowest BCUT2D eigenvalue weighted by Crippen LogP contribution is -2.42. The number of aliphatic hydroxyl groups is 2. The molecule has 9 heteroatoms. The van der Waals surface area contributed by atoms with Crippen LogP contribution in [0.5, 0.6) is 5.88 Å². The summed E-state index contributed by atoms with van der Waals surface area (Å²) in [5.74, 6) is 0.0657. The molecule has 0 saturated heterocycles. The van der Waals surface area contributed by atoms with E-state index in [0.717, 1.165) is 25.7 Å². The van der Waals surface area contributed by atoms with Crippen molar-refractivity contribution in [2.24, 2.45) is 5.92 Å².